The van der Waals surface area contributed by atoms with Gasteiger partial charge in [-0.2, -0.15) is 13.2 Å². The molecular formula is C29H26BrF3N4O4S. The number of carbonyl (C=O) groups is 2. The Labute approximate surface area is 252 Å². The molecule has 220 valence electrons. The lowest BCUT2D eigenvalue weighted by Crippen LogP contribution is -2.35. The molecule has 0 radical (unpaired) electrons. The second-order valence-corrected chi connectivity index (χ2v) is 10.9. The van der Waals surface area contributed by atoms with Crippen LogP contribution in [0.1, 0.15) is 27.9 Å². The first-order valence-corrected chi connectivity index (χ1v) is 14.2. The van der Waals surface area contributed by atoms with Crippen LogP contribution in [0.2, 0.25) is 0 Å². The van der Waals surface area contributed by atoms with Gasteiger partial charge in [-0.05, 0) is 54.4 Å². The standard InChI is InChI=1S/C29H26BrF3N4O4S/c1-40-23-11-6-18(16-24(23)41-2)12-14-37(27(39)20-4-3-5-21(17-20)29(31,32)33)15-13-25(38)34-28-36-35-26(42-28)19-7-9-22(30)10-8-19/h3-11,16-17H,12-15H2,1-2H3,(H,34,36,38). The fraction of sp³-hybridized carbons (Fsp3) is 0.241. The molecule has 3 aromatic carbocycles. The third-order valence-electron chi connectivity index (χ3n) is 6.21. The predicted molar refractivity (Wildman–Crippen MR) is 157 cm³/mol. The van der Waals surface area contributed by atoms with E-state index in [1.165, 1.54) is 42.6 Å². The number of rotatable bonds is 11. The minimum atomic E-state index is -4.60. The van der Waals surface area contributed by atoms with Gasteiger partial charge in [0.25, 0.3) is 5.91 Å². The number of carbonyl (C=O) groups excluding carboxylic acids is 2. The van der Waals surface area contributed by atoms with Crippen molar-refractivity contribution in [1.29, 1.82) is 0 Å². The highest BCUT2D eigenvalue weighted by molar-refractivity contribution is 9.10. The zero-order valence-electron chi connectivity index (χ0n) is 22.6. The van der Waals surface area contributed by atoms with Crippen molar-refractivity contribution in [3.63, 3.8) is 0 Å². The van der Waals surface area contributed by atoms with E-state index in [4.69, 9.17) is 9.47 Å². The minimum Gasteiger partial charge on any atom is -0.493 e. The Morgan fingerprint density at radius 3 is 2.38 bits per heavy atom. The van der Waals surface area contributed by atoms with Crippen molar-refractivity contribution in [3.8, 4) is 22.1 Å². The van der Waals surface area contributed by atoms with Crippen LogP contribution in [0.4, 0.5) is 18.3 Å². The molecule has 0 fully saturated rings. The van der Waals surface area contributed by atoms with Gasteiger partial charge in [-0.15, -0.1) is 10.2 Å². The monoisotopic (exact) mass is 662 g/mol. The number of aromatic nitrogens is 2. The van der Waals surface area contributed by atoms with Gasteiger partial charge in [-0.25, -0.2) is 0 Å². The molecular weight excluding hydrogens is 637 g/mol. The highest BCUT2D eigenvalue weighted by atomic mass is 79.9. The normalized spacial score (nSPS) is 11.2. The number of nitrogens with one attached hydrogen (secondary N) is 1. The first-order chi connectivity index (χ1) is 20.1. The van der Waals surface area contributed by atoms with Gasteiger partial charge in [0.05, 0.1) is 19.8 Å². The number of hydrogen-bond donors (Lipinski definition) is 1. The van der Waals surface area contributed by atoms with E-state index < -0.39 is 23.6 Å². The van der Waals surface area contributed by atoms with Crippen LogP contribution in [-0.2, 0) is 17.4 Å². The maximum absolute atomic E-state index is 13.4. The fourth-order valence-corrected chi connectivity index (χ4v) is 5.06. The van der Waals surface area contributed by atoms with Crippen molar-refractivity contribution in [2.45, 2.75) is 19.0 Å². The van der Waals surface area contributed by atoms with Crippen LogP contribution >= 0.6 is 27.3 Å². The summed E-state index contributed by atoms with van der Waals surface area (Å²) in [6.45, 7) is 0.108. The van der Waals surface area contributed by atoms with E-state index in [2.05, 4.69) is 31.4 Å². The van der Waals surface area contributed by atoms with E-state index >= 15 is 0 Å². The first kappa shape index (κ1) is 31.0. The molecule has 4 aromatic rings. The van der Waals surface area contributed by atoms with Gasteiger partial charge in [0.2, 0.25) is 11.0 Å². The second kappa shape index (κ2) is 13.8. The summed E-state index contributed by atoms with van der Waals surface area (Å²) in [6, 6.07) is 17.0. The SMILES string of the molecule is COc1ccc(CCN(CCC(=O)Nc2nnc(-c3ccc(Br)cc3)s2)C(=O)c2cccc(C(F)(F)F)c2)cc1OC. The van der Waals surface area contributed by atoms with Crippen LogP contribution in [0.3, 0.4) is 0 Å². The Bertz CT molecular complexity index is 1550. The molecule has 0 spiro atoms. The number of alkyl halides is 3. The lowest BCUT2D eigenvalue weighted by atomic mass is 10.1. The molecule has 42 heavy (non-hydrogen) atoms. The van der Waals surface area contributed by atoms with Crippen molar-refractivity contribution in [2.24, 2.45) is 0 Å². The quantitative estimate of drug-likeness (QED) is 0.192. The van der Waals surface area contributed by atoms with Crippen molar-refractivity contribution in [3.05, 3.63) is 87.9 Å². The molecule has 0 aliphatic rings. The average Bonchev–Trinajstić information content (AvgIpc) is 3.45. The second-order valence-electron chi connectivity index (χ2n) is 9.03. The molecule has 0 bridgehead atoms. The van der Waals surface area contributed by atoms with E-state index in [-0.39, 0.29) is 25.1 Å². The topological polar surface area (TPSA) is 93.6 Å². The number of amides is 2. The number of benzene rings is 3. The van der Waals surface area contributed by atoms with Crippen LogP contribution in [0.25, 0.3) is 10.6 Å². The third kappa shape index (κ3) is 8.07. The number of nitrogens with zero attached hydrogens (tertiary/aromatic N) is 3. The molecule has 1 aromatic heterocycles. The summed E-state index contributed by atoms with van der Waals surface area (Å²) in [5.74, 6) is 0.00349. The van der Waals surface area contributed by atoms with Crippen LogP contribution in [0, 0.1) is 0 Å². The fourth-order valence-electron chi connectivity index (χ4n) is 4.03. The van der Waals surface area contributed by atoms with Crippen molar-refractivity contribution in [2.75, 3.05) is 32.6 Å². The molecule has 2 amide bonds. The molecule has 0 unspecified atom stereocenters. The number of halogens is 4. The summed E-state index contributed by atoms with van der Waals surface area (Å²) in [5.41, 5.74) is 0.599. The Hall–Kier alpha value is -3.97. The van der Waals surface area contributed by atoms with E-state index in [1.54, 1.807) is 18.2 Å². The van der Waals surface area contributed by atoms with E-state index in [1.807, 2.05) is 24.3 Å². The smallest absolute Gasteiger partial charge is 0.416 e. The first-order valence-electron chi connectivity index (χ1n) is 12.6. The molecule has 0 aliphatic carbocycles. The summed E-state index contributed by atoms with van der Waals surface area (Å²) in [6.07, 6.45) is -4.35. The summed E-state index contributed by atoms with van der Waals surface area (Å²) in [4.78, 5) is 27.5. The summed E-state index contributed by atoms with van der Waals surface area (Å²) in [7, 11) is 3.02. The lowest BCUT2D eigenvalue weighted by molar-refractivity contribution is -0.137. The summed E-state index contributed by atoms with van der Waals surface area (Å²) < 4.78 is 51.5. The zero-order valence-corrected chi connectivity index (χ0v) is 25.0. The molecule has 0 atom stereocenters. The summed E-state index contributed by atoms with van der Waals surface area (Å²) in [5, 5.41) is 11.7. The maximum Gasteiger partial charge on any atom is 0.416 e. The van der Waals surface area contributed by atoms with Crippen LogP contribution in [-0.4, -0.2) is 54.2 Å². The number of hydrogen-bond acceptors (Lipinski definition) is 7. The van der Waals surface area contributed by atoms with Gasteiger partial charge in [0.1, 0.15) is 5.01 Å². The number of methoxy groups -OCH3 is 2. The van der Waals surface area contributed by atoms with Crippen molar-refractivity contribution < 1.29 is 32.2 Å². The molecule has 13 heteroatoms. The molecule has 0 aliphatic heterocycles. The van der Waals surface area contributed by atoms with Crippen LogP contribution in [0.15, 0.2) is 71.2 Å². The molecule has 1 N–H and O–H groups in total. The Kier molecular flexibility index (Phi) is 10.2. The highest BCUT2D eigenvalue weighted by Gasteiger charge is 2.31. The largest absolute Gasteiger partial charge is 0.493 e. The molecule has 8 nitrogen and oxygen atoms in total. The van der Waals surface area contributed by atoms with Crippen LogP contribution < -0.4 is 14.8 Å². The highest BCUT2D eigenvalue weighted by Crippen LogP contribution is 2.31. The predicted octanol–water partition coefficient (Wildman–Crippen LogP) is 6.72. The van der Waals surface area contributed by atoms with Gasteiger partial charge in [-0.1, -0.05) is 51.5 Å². The zero-order chi connectivity index (χ0) is 30.3. The molecule has 0 saturated heterocycles. The average molecular weight is 664 g/mol. The van der Waals surface area contributed by atoms with Gasteiger partial charge < -0.3 is 19.7 Å². The number of ether oxygens (including phenoxy) is 2. The Morgan fingerprint density at radius 1 is 0.952 bits per heavy atom. The maximum atomic E-state index is 13.4. The van der Waals surface area contributed by atoms with Crippen molar-refractivity contribution >= 4 is 44.2 Å². The molecule has 4 rings (SSSR count). The van der Waals surface area contributed by atoms with Gasteiger partial charge in [0, 0.05) is 35.1 Å². The van der Waals surface area contributed by atoms with E-state index in [0.717, 1.165) is 27.7 Å². The van der Waals surface area contributed by atoms with E-state index in [0.29, 0.717) is 28.1 Å². The van der Waals surface area contributed by atoms with Gasteiger partial charge in [0.15, 0.2) is 11.5 Å². The summed E-state index contributed by atoms with van der Waals surface area (Å²) >= 11 is 4.58. The van der Waals surface area contributed by atoms with Crippen LogP contribution in [0.5, 0.6) is 11.5 Å². The van der Waals surface area contributed by atoms with Gasteiger partial charge >= 0.3 is 6.18 Å². The number of anilines is 1. The molecule has 0 saturated carbocycles. The lowest BCUT2D eigenvalue weighted by Gasteiger charge is -2.23. The molecule has 1 heterocycles. The van der Waals surface area contributed by atoms with Gasteiger partial charge in [-0.3, -0.25) is 9.59 Å². The Morgan fingerprint density at radius 2 is 1.69 bits per heavy atom. The van der Waals surface area contributed by atoms with Crippen molar-refractivity contribution in [1.82, 2.24) is 15.1 Å². The third-order valence-corrected chi connectivity index (χ3v) is 7.63. The van der Waals surface area contributed by atoms with E-state index in [9.17, 15) is 22.8 Å². The minimum absolute atomic E-state index is 0.0351. The Balaban J connectivity index is 1.47.